The van der Waals surface area contributed by atoms with Gasteiger partial charge in [-0.15, -0.1) is 0 Å². The van der Waals surface area contributed by atoms with Crippen LogP contribution in [0.5, 0.6) is 0 Å². The van der Waals surface area contributed by atoms with Crippen molar-refractivity contribution >= 4 is 34.0 Å². The van der Waals surface area contributed by atoms with E-state index in [-0.39, 0.29) is 0 Å². The van der Waals surface area contributed by atoms with Crippen LogP contribution in [0.15, 0.2) is 49.3 Å². The number of carbonyl (C=O) groups excluding carboxylic acids is 2. The minimum atomic E-state index is -0.567. The summed E-state index contributed by atoms with van der Waals surface area (Å²) < 4.78 is 6.79. The van der Waals surface area contributed by atoms with Crippen LogP contribution < -0.4 is 10.2 Å². The fraction of sp³-hybridized carbons (Fsp3) is 0.429. The molecule has 0 saturated heterocycles. The number of hydrogen-bond acceptors (Lipinski definition) is 6. The standard InChI is InChI=1S/C28H36N6O4/c1-27(2,3)33(14-10-19-15-32-23-8-11-29-16-21(19)23)26(36)38-34-18-20(22-17-30-12-9-24(22)34)7-13-31-25(35)37-28(4,5)6/h8-9,11-12,15-18,32H,7,10,13-14H2,1-6H3,(H,31,35). The van der Waals surface area contributed by atoms with E-state index in [4.69, 9.17) is 9.57 Å². The topological polar surface area (TPSA) is 114 Å². The number of amides is 2. The highest BCUT2D eigenvalue weighted by Gasteiger charge is 2.29. The average Bonchev–Trinajstić information content (AvgIpc) is 3.39. The molecule has 4 rings (SSSR count). The molecule has 0 bridgehead atoms. The van der Waals surface area contributed by atoms with E-state index in [2.05, 4.69) is 20.3 Å². The van der Waals surface area contributed by atoms with E-state index in [1.54, 1.807) is 35.8 Å². The third kappa shape index (κ3) is 6.42. The molecule has 0 unspecified atom stereocenters. The number of hydrogen-bond donors (Lipinski definition) is 2. The molecule has 0 fully saturated rings. The molecule has 0 spiro atoms. The molecule has 0 aliphatic rings. The fourth-order valence-electron chi connectivity index (χ4n) is 4.29. The Kier molecular flexibility index (Phi) is 7.61. The van der Waals surface area contributed by atoms with Gasteiger partial charge in [-0.3, -0.25) is 9.97 Å². The van der Waals surface area contributed by atoms with Gasteiger partial charge in [0.1, 0.15) is 5.60 Å². The summed E-state index contributed by atoms with van der Waals surface area (Å²) in [6.07, 6.45) is 10.9. The lowest BCUT2D eigenvalue weighted by Crippen LogP contribution is -2.49. The summed E-state index contributed by atoms with van der Waals surface area (Å²) in [6, 6.07) is 3.73. The lowest BCUT2D eigenvalue weighted by Gasteiger charge is -2.34. The molecule has 0 radical (unpaired) electrons. The summed E-state index contributed by atoms with van der Waals surface area (Å²) in [6.45, 7) is 12.2. The largest absolute Gasteiger partial charge is 0.444 e. The number of alkyl carbamates (subject to hydrolysis) is 1. The molecule has 2 N–H and O–H groups in total. The van der Waals surface area contributed by atoms with Crippen molar-refractivity contribution in [2.45, 2.75) is 65.5 Å². The maximum Gasteiger partial charge on any atom is 0.435 e. The molecular weight excluding hydrogens is 484 g/mol. The minimum absolute atomic E-state index is 0.366. The van der Waals surface area contributed by atoms with Crippen LogP contribution >= 0.6 is 0 Å². The molecule has 10 heteroatoms. The van der Waals surface area contributed by atoms with Crippen LogP contribution in [-0.4, -0.2) is 61.0 Å². The predicted molar refractivity (Wildman–Crippen MR) is 146 cm³/mol. The Labute approximate surface area is 222 Å². The first kappa shape index (κ1) is 27.0. The van der Waals surface area contributed by atoms with Crippen LogP contribution in [-0.2, 0) is 17.6 Å². The van der Waals surface area contributed by atoms with Gasteiger partial charge >= 0.3 is 12.2 Å². The maximum absolute atomic E-state index is 13.4. The molecule has 0 aromatic carbocycles. The number of nitrogens with zero attached hydrogens (tertiary/aromatic N) is 4. The maximum atomic E-state index is 13.4. The van der Waals surface area contributed by atoms with Gasteiger partial charge in [-0.05, 0) is 77.6 Å². The van der Waals surface area contributed by atoms with Gasteiger partial charge in [-0.1, -0.05) is 0 Å². The van der Waals surface area contributed by atoms with Gasteiger partial charge in [-0.2, -0.15) is 4.73 Å². The molecule has 0 aliphatic carbocycles. The normalized spacial score (nSPS) is 12.1. The fourth-order valence-corrected chi connectivity index (χ4v) is 4.29. The van der Waals surface area contributed by atoms with E-state index < -0.39 is 23.3 Å². The monoisotopic (exact) mass is 520 g/mol. The first-order valence-electron chi connectivity index (χ1n) is 12.7. The predicted octanol–water partition coefficient (Wildman–Crippen LogP) is 4.87. The van der Waals surface area contributed by atoms with Crippen molar-refractivity contribution < 1.29 is 19.2 Å². The average molecular weight is 521 g/mol. The second-order valence-corrected chi connectivity index (χ2v) is 11.2. The SMILES string of the molecule is CC(C)(C)OC(=O)NCCc1cn(OC(=O)N(CCc2c[nH]c3ccncc23)C(C)(C)C)c2ccncc12. The van der Waals surface area contributed by atoms with Crippen molar-refractivity contribution in [3.8, 4) is 0 Å². The number of aromatic amines is 1. The Hall–Kier alpha value is -4.08. The van der Waals surface area contributed by atoms with E-state index in [9.17, 15) is 9.59 Å². The first-order chi connectivity index (χ1) is 17.9. The zero-order chi connectivity index (χ0) is 27.5. The third-order valence-electron chi connectivity index (χ3n) is 6.10. The zero-order valence-corrected chi connectivity index (χ0v) is 22.9. The molecule has 0 aliphatic heterocycles. The number of fused-ring (bicyclic) bond motifs is 2. The van der Waals surface area contributed by atoms with Crippen LogP contribution in [0.3, 0.4) is 0 Å². The Morgan fingerprint density at radius 2 is 1.71 bits per heavy atom. The van der Waals surface area contributed by atoms with Crippen molar-refractivity contribution in [2.75, 3.05) is 13.1 Å². The highest BCUT2D eigenvalue weighted by Crippen LogP contribution is 2.23. The van der Waals surface area contributed by atoms with E-state index in [1.165, 1.54) is 4.73 Å². The van der Waals surface area contributed by atoms with Gasteiger partial charge in [0.05, 0.1) is 5.52 Å². The summed E-state index contributed by atoms with van der Waals surface area (Å²) in [4.78, 5) is 44.8. The van der Waals surface area contributed by atoms with Crippen LogP contribution in [0, 0.1) is 0 Å². The Morgan fingerprint density at radius 1 is 1.00 bits per heavy atom. The molecule has 4 aromatic rings. The summed E-state index contributed by atoms with van der Waals surface area (Å²) in [7, 11) is 0. The molecule has 2 amide bonds. The number of rotatable bonds is 7. The molecule has 0 atom stereocenters. The Balaban J connectivity index is 1.47. The van der Waals surface area contributed by atoms with E-state index >= 15 is 0 Å². The quantitative estimate of drug-likeness (QED) is 0.359. The van der Waals surface area contributed by atoms with E-state index in [0.717, 1.165) is 32.9 Å². The second-order valence-electron chi connectivity index (χ2n) is 11.2. The van der Waals surface area contributed by atoms with Crippen LogP contribution in [0.1, 0.15) is 52.7 Å². The van der Waals surface area contributed by atoms with Crippen molar-refractivity contribution in [2.24, 2.45) is 0 Å². The molecule has 4 aromatic heterocycles. The molecular formula is C28H36N6O4. The van der Waals surface area contributed by atoms with Gasteiger partial charge in [0, 0.05) is 72.1 Å². The van der Waals surface area contributed by atoms with Gasteiger partial charge < -0.3 is 24.8 Å². The summed E-state index contributed by atoms with van der Waals surface area (Å²) in [5.41, 5.74) is 2.69. The van der Waals surface area contributed by atoms with Gasteiger partial charge in [-0.25, -0.2) is 9.59 Å². The second kappa shape index (κ2) is 10.7. The summed E-state index contributed by atoms with van der Waals surface area (Å²) in [5, 5.41) is 4.66. The number of ether oxygens (including phenoxy) is 1. The van der Waals surface area contributed by atoms with E-state index in [0.29, 0.717) is 25.9 Å². The van der Waals surface area contributed by atoms with Crippen LogP contribution in [0.2, 0.25) is 0 Å². The number of H-pyrrole nitrogens is 1. The number of aromatic nitrogens is 4. The number of pyridine rings is 2. The van der Waals surface area contributed by atoms with Gasteiger partial charge in [0.2, 0.25) is 0 Å². The Bertz CT molecular complexity index is 1430. The number of nitrogens with one attached hydrogen (secondary N) is 2. The van der Waals surface area contributed by atoms with Crippen LogP contribution in [0.25, 0.3) is 21.8 Å². The smallest absolute Gasteiger partial charge is 0.435 e. The molecule has 202 valence electrons. The molecule has 0 saturated carbocycles. The highest BCUT2D eigenvalue weighted by molar-refractivity contribution is 5.84. The van der Waals surface area contributed by atoms with Crippen molar-refractivity contribution in [1.29, 1.82) is 0 Å². The molecule has 10 nitrogen and oxygen atoms in total. The molecule has 38 heavy (non-hydrogen) atoms. The number of carbonyl (C=O) groups is 2. The van der Waals surface area contributed by atoms with Gasteiger partial charge in [0.25, 0.3) is 0 Å². The van der Waals surface area contributed by atoms with Crippen LogP contribution in [0.4, 0.5) is 9.59 Å². The lowest BCUT2D eigenvalue weighted by atomic mass is 10.1. The van der Waals surface area contributed by atoms with Gasteiger partial charge in [0.15, 0.2) is 0 Å². The third-order valence-corrected chi connectivity index (χ3v) is 6.10. The minimum Gasteiger partial charge on any atom is -0.444 e. The Morgan fingerprint density at radius 3 is 2.42 bits per heavy atom. The highest BCUT2D eigenvalue weighted by atomic mass is 16.7. The summed E-state index contributed by atoms with van der Waals surface area (Å²) in [5.74, 6) is 0. The zero-order valence-electron chi connectivity index (χ0n) is 22.9. The molecule has 4 heterocycles. The summed E-state index contributed by atoms with van der Waals surface area (Å²) >= 11 is 0. The van der Waals surface area contributed by atoms with Crippen molar-refractivity contribution in [3.63, 3.8) is 0 Å². The van der Waals surface area contributed by atoms with Crippen molar-refractivity contribution in [3.05, 3.63) is 60.4 Å². The van der Waals surface area contributed by atoms with Crippen molar-refractivity contribution in [1.82, 2.24) is 29.9 Å². The first-order valence-corrected chi connectivity index (χ1v) is 12.7. The van der Waals surface area contributed by atoms with E-state index in [1.807, 2.05) is 60.0 Å². The lowest BCUT2D eigenvalue weighted by molar-refractivity contribution is 0.0528.